The Balaban J connectivity index is 2.36. The zero-order valence-electron chi connectivity index (χ0n) is 15.1. The molecule has 3 N–H and O–H groups in total. The molecule has 0 saturated carbocycles. The van der Waals surface area contributed by atoms with Crippen LogP contribution in [0.3, 0.4) is 0 Å². The van der Waals surface area contributed by atoms with Gasteiger partial charge < -0.3 is 19.9 Å². The maximum atomic E-state index is 11.8. The second-order valence-electron chi connectivity index (χ2n) is 6.81. The van der Waals surface area contributed by atoms with Crippen molar-refractivity contribution in [1.82, 2.24) is 4.57 Å². The molecule has 0 atom stereocenters. The van der Waals surface area contributed by atoms with Crippen LogP contribution in [0.4, 0.5) is 0 Å². The molecule has 1 heterocycles. The average molecular weight is 367 g/mol. The molecule has 2 aromatic carbocycles. The summed E-state index contributed by atoms with van der Waals surface area (Å²) in [6, 6.07) is 11.9. The third-order valence-corrected chi connectivity index (χ3v) is 4.66. The molecule has 0 bridgehead atoms. The summed E-state index contributed by atoms with van der Waals surface area (Å²) in [7, 11) is 0. The van der Waals surface area contributed by atoms with Gasteiger partial charge in [-0.15, -0.1) is 0 Å². The summed E-state index contributed by atoms with van der Waals surface area (Å²) in [5.74, 6) is -2.00. The number of phenolic OH excluding ortho intramolecular Hbond substituents is 1. The van der Waals surface area contributed by atoms with Gasteiger partial charge in [-0.1, -0.05) is 38.1 Å². The van der Waals surface area contributed by atoms with E-state index in [9.17, 15) is 24.9 Å². The van der Waals surface area contributed by atoms with Gasteiger partial charge in [-0.2, -0.15) is 0 Å². The standard InChI is InChI=1S/C21H21NO5/c1-12(2)20-15(10-18(24)25)19-14(21(26)27)7-5-8-16(19)22(20)11-13-6-3-4-9-17(13)23/h3-9,12,23H,10-11H2,1-2H3,(H,24,25)(H,26,27). The Kier molecular flexibility index (Phi) is 4.90. The third-order valence-electron chi connectivity index (χ3n) is 4.66. The third kappa shape index (κ3) is 3.38. The van der Waals surface area contributed by atoms with Crippen molar-refractivity contribution >= 4 is 22.8 Å². The lowest BCUT2D eigenvalue weighted by Gasteiger charge is -2.16. The van der Waals surface area contributed by atoms with Gasteiger partial charge in [0.25, 0.3) is 0 Å². The number of rotatable bonds is 6. The SMILES string of the molecule is CC(C)c1c(CC(=O)O)c2c(C(=O)O)cccc2n1Cc1ccccc1O. The first-order chi connectivity index (χ1) is 12.8. The zero-order chi connectivity index (χ0) is 19.7. The van der Waals surface area contributed by atoms with E-state index in [0.717, 1.165) is 5.69 Å². The van der Waals surface area contributed by atoms with Crippen LogP contribution < -0.4 is 0 Å². The first kappa shape index (κ1) is 18.5. The fraction of sp³-hybridized carbons (Fsp3) is 0.238. The van der Waals surface area contributed by atoms with Crippen molar-refractivity contribution in [2.24, 2.45) is 0 Å². The van der Waals surface area contributed by atoms with Gasteiger partial charge in [-0.3, -0.25) is 4.79 Å². The lowest BCUT2D eigenvalue weighted by atomic mass is 9.98. The van der Waals surface area contributed by atoms with Crippen LogP contribution in [0.25, 0.3) is 10.9 Å². The summed E-state index contributed by atoms with van der Waals surface area (Å²) < 4.78 is 1.92. The van der Waals surface area contributed by atoms with Crippen LogP contribution in [0.5, 0.6) is 5.75 Å². The molecule has 0 aliphatic carbocycles. The predicted molar refractivity (Wildman–Crippen MR) is 102 cm³/mol. The van der Waals surface area contributed by atoms with Gasteiger partial charge >= 0.3 is 11.9 Å². The maximum Gasteiger partial charge on any atom is 0.336 e. The van der Waals surface area contributed by atoms with Crippen molar-refractivity contribution in [3.63, 3.8) is 0 Å². The van der Waals surface area contributed by atoms with E-state index < -0.39 is 11.9 Å². The molecule has 3 rings (SSSR count). The lowest BCUT2D eigenvalue weighted by molar-refractivity contribution is -0.136. The molecule has 0 spiro atoms. The number of aromatic hydroxyl groups is 1. The molecular weight excluding hydrogens is 346 g/mol. The molecule has 0 saturated heterocycles. The van der Waals surface area contributed by atoms with Crippen LogP contribution >= 0.6 is 0 Å². The Morgan fingerprint density at radius 3 is 2.33 bits per heavy atom. The van der Waals surface area contributed by atoms with Crippen LogP contribution in [0.2, 0.25) is 0 Å². The summed E-state index contributed by atoms with van der Waals surface area (Å²) in [4.78, 5) is 23.3. The molecule has 0 aliphatic heterocycles. The van der Waals surface area contributed by atoms with E-state index in [1.807, 2.05) is 24.5 Å². The minimum Gasteiger partial charge on any atom is -0.508 e. The van der Waals surface area contributed by atoms with Gasteiger partial charge in [0, 0.05) is 22.2 Å². The summed E-state index contributed by atoms with van der Waals surface area (Å²) >= 11 is 0. The molecule has 0 amide bonds. The quantitative estimate of drug-likeness (QED) is 0.615. The molecule has 140 valence electrons. The number of hydrogen-bond donors (Lipinski definition) is 3. The summed E-state index contributed by atoms with van der Waals surface area (Å²) in [6.07, 6.45) is -0.262. The van der Waals surface area contributed by atoms with Gasteiger partial charge in [0.05, 0.1) is 18.5 Å². The molecule has 0 fully saturated rings. The molecule has 0 unspecified atom stereocenters. The number of aliphatic carboxylic acids is 1. The predicted octanol–water partition coefficient (Wildman–Crippen LogP) is 3.84. The first-order valence-electron chi connectivity index (χ1n) is 8.67. The Bertz CT molecular complexity index is 1030. The van der Waals surface area contributed by atoms with E-state index in [0.29, 0.717) is 28.6 Å². The minimum atomic E-state index is -1.10. The number of carbonyl (C=O) groups is 2. The Hall–Kier alpha value is -3.28. The van der Waals surface area contributed by atoms with E-state index in [2.05, 4.69) is 0 Å². The topological polar surface area (TPSA) is 99.8 Å². The molecule has 0 aliphatic rings. The Morgan fingerprint density at radius 2 is 1.74 bits per heavy atom. The highest BCUT2D eigenvalue weighted by Gasteiger charge is 2.25. The summed E-state index contributed by atoms with van der Waals surface area (Å²) in [5, 5.41) is 29.6. The Morgan fingerprint density at radius 1 is 1.04 bits per heavy atom. The van der Waals surface area contributed by atoms with Crippen molar-refractivity contribution in [1.29, 1.82) is 0 Å². The van der Waals surface area contributed by atoms with E-state index >= 15 is 0 Å². The number of hydrogen-bond acceptors (Lipinski definition) is 3. The number of para-hydroxylation sites is 1. The van der Waals surface area contributed by atoms with E-state index in [1.54, 1.807) is 30.3 Å². The number of aromatic carboxylic acids is 1. The molecule has 6 nitrogen and oxygen atoms in total. The number of nitrogens with zero attached hydrogens (tertiary/aromatic N) is 1. The van der Waals surface area contributed by atoms with Gasteiger partial charge in [-0.25, -0.2) is 4.79 Å². The fourth-order valence-corrected chi connectivity index (χ4v) is 3.66. The summed E-state index contributed by atoms with van der Waals surface area (Å²) in [5.41, 5.74) is 2.70. The molecule has 0 radical (unpaired) electrons. The number of carboxylic acid groups (broad SMARTS) is 2. The highest BCUT2D eigenvalue weighted by Crippen LogP contribution is 2.35. The van der Waals surface area contributed by atoms with Crippen LogP contribution in [0, 0.1) is 0 Å². The first-order valence-corrected chi connectivity index (χ1v) is 8.67. The minimum absolute atomic E-state index is 0.0285. The maximum absolute atomic E-state index is 11.8. The number of phenols is 1. The monoisotopic (exact) mass is 367 g/mol. The van der Waals surface area contributed by atoms with Gasteiger partial charge in [-0.05, 0) is 29.7 Å². The zero-order valence-corrected chi connectivity index (χ0v) is 15.1. The van der Waals surface area contributed by atoms with Crippen LogP contribution in [0.1, 0.15) is 46.9 Å². The van der Waals surface area contributed by atoms with Crippen LogP contribution in [-0.2, 0) is 17.8 Å². The second-order valence-corrected chi connectivity index (χ2v) is 6.81. The normalized spacial score (nSPS) is 11.2. The highest BCUT2D eigenvalue weighted by molar-refractivity contribution is 6.06. The van der Waals surface area contributed by atoms with E-state index in [1.165, 1.54) is 6.07 Å². The molecular formula is C21H21NO5. The fourth-order valence-electron chi connectivity index (χ4n) is 3.66. The van der Waals surface area contributed by atoms with Gasteiger partial charge in [0.2, 0.25) is 0 Å². The van der Waals surface area contributed by atoms with E-state index in [4.69, 9.17) is 0 Å². The molecule has 3 aromatic rings. The number of aromatic nitrogens is 1. The summed E-state index contributed by atoms with van der Waals surface area (Å²) in [6.45, 7) is 4.21. The van der Waals surface area contributed by atoms with Crippen LogP contribution in [0.15, 0.2) is 42.5 Å². The van der Waals surface area contributed by atoms with Gasteiger partial charge in [0.1, 0.15) is 5.75 Å². The lowest BCUT2D eigenvalue weighted by Crippen LogP contribution is -2.10. The van der Waals surface area contributed by atoms with Gasteiger partial charge in [0.15, 0.2) is 0 Å². The van der Waals surface area contributed by atoms with Crippen molar-refractivity contribution in [3.8, 4) is 5.75 Å². The molecule has 1 aromatic heterocycles. The van der Waals surface area contributed by atoms with Crippen molar-refractivity contribution in [2.45, 2.75) is 32.7 Å². The van der Waals surface area contributed by atoms with Crippen LogP contribution in [-0.4, -0.2) is 31.8 Å². The number of carboxylic acids is 2. The second kappa shape index (κ2) is 7.15. The average Bonchev–Trinajstić information content (AvgIpc) is 2.90. The Labute approximate surface area is 156 Å². The van der Waals surface area contributed by atoms with Crippen molar-refractivity contribution < 1.29 is 24.9 Å². The number of fused-ring (bicyclic) bond motifs is 1. The smallest absolute Gasteiger partial charge is 0.336 e. The van der Waals surface area contributed by atoms with Crippen molar-refractivity contribution in [3.05, 3.63) is 64.8 Å². The largest absolute Gasteiger partial charge is 0.508 e. The number of benzene rings is 2. The molecule has 27 heavy (non-hydrogen) atoms. The van der Waals surface area contributed by atoms with E-state index in [-0.39, 0.29) is 23.7 Å². The molecule has 6 heteroatoms. The van der Waals surface area contributed by atoms with Crippen molar-refractivity contribution in [2.75, 3.05) is 0 Å². The highest BCUT2D eigenvalue weighted by atomic mass is 16.4.